The summed E-state index contributed by atoms with van der Waals surface area (Å²) in [4.78, 5) is 26.9. The molecule has 86 valence electrons. The minimum absolute atomic E-state index is 0.358. The summed E-state index contributed by atoms with van der Waals surface area (Å²) in [6.07, 6.45) is 3.00. The monoisotopic (exact) mass is 222 g/mol. The van der Waals surface area contributed by atoms with Gasteiger partial charge in [-0.15, -0.1) is 0 Å². The Balaban J connectivity index is 2.76. The quantitative estimate of drug-likeness (QED) is 0.767. The molecule has 1 aromatic heterocycles. The van der Waals surface area contributed by atoms with Crippen molar-refractivity contribution in [3.63, 3.8) is 0 Å². The first-order chi connectivity index (χ1) is 7.47. The Morgan fingerprint density at radius 1 is 1.44 bits per heavy atom. The molecule has 5 heteroatoms. The molecule has 5 nitrogen and oxygen atoms in total. The van der Waals surface area contributed by atoms with Crippen LogP contribution in [0.4, 0.5) is 0 Å². The summed E-state index contributed by atoms with van der Waals surface area (Å²) >= 11 is 0. The molecule has 0 aliphatic carbocycles. The summed E-state index contributed by atoms with van der Waals surface area (Å²) in [5.74, 6) is -0.853. The average Bonchev–Trinajstić information content (AvgIpc) is 2.28. The normalized spacial score (nSPS) is 10.7. The lowest BCUT2D eigenvalue weighted by Crippen LogP contribution is -2.50. The summed E-state index contributed by atoms with van der Waals surface area (Å²) in [7, 11) is 1.28. The molecular formula is C11H14N2O3. The Labute approximate surface area is 93.8 Å². The van der Waals surface area contributed by atoms with Gasteiger partial charge in [0.25, 0.3) is 5.91 Å². The molecule has 1 heterocycles. The molecule has 0 unspecified atom stereocenters. The van der Waals surface area contributed by atoms with E-state index in [-0.39, 0.29) is 5.91 Å². The molecule has 0 bridgehead atoms. The number of hydrogen-bond donors (Lipinski definition) is 1. The van der Waals surface area contributed by atoms with Crippen molar-refractivity contribution in [1.29, 1.82) is 0 Å². The zero-order chi connectivity index (χ0) is 12.2. The van der Waals surface area contributed by atoms with Crippen molar-refractivity contribution in [2.24, 2.45) is 0 Å². The maximum absolute atomic E-state index is 11.7. The fourth-order valence-electron chi connectivity index (χ4n) is 1.16. The second kappa shape index (κ2) is 4.74. The fraction of sp³-hybridized carbons (Fsp3) is 0.364. The summed E-state index contributed by atoms with van der Waals surface area (Å²) in [6, 6.07) is 3.27. The first-order valence-electron chi connectivity index (χ1n) is 4.78. The van der Waals surface area contributed by atoms with Crippen LogP contribution in [0.15, 0.2) is 24.5 Å². The molecule has 0 saturated carbocycles. The largest absolute Gasteiger partial charge is 0.467 e. The number of aromatic nitrogens is 1. The topological polar surface area (TPSA) is 68.3 Å². The van der Waals surface area contributed by atoms with Gasteiger partial charge in [-0.25, -0.2) is 4.79 Å². The van der Waals surface area contributed by atoms with Gasteiger partial charge in [0.2, 0.25) is 0 Å². The lowest BCUT2D eigenvalue weighted by molar-refractivity contribution is -0.146. The molecule has 0 saturated heterocycles. The fourth-order valence-corrected chi connectivity index (χ4v) is 1.16. The molecule has 1 amide bonds. The van der Waals surface area contributed by atoms with E-state index in [4.69, 9.17) is 0 Å². The van der Waals surface area contributed by atoms with Crippen LogP contribution in [0, 0.1) is 0 Å². The van der Waals surface area contributed by atoms with E-state index < -0.39 is 11.5 Å². The Kier molecular flexibility index (Phi) is 3.60. The molecule has 0 aromatic carbocycles. The van der Waals surface area contributed by atoms with Crippen LogP contribution in [-0.4, -0.2) is 29.5 Å². The number of hydrogen-bond acceptors (Lipinski definition) is 4. The van der Waals surface area contributed by atoms with Crippen molar-refractivity contribution in [3.05, 3.63) is 30.1 Å². The second-order valence-electron chi connectivity index (χ2n) is 3.81. The van der Waals surface area contributed by atoms with Crippen LogP contribution in [0.1, 0.15) is 24.2 Å². The highest BCUT2D eigenvalue weighted by molar-refractivity contribution is 5.97. The number of esters is 1. The molecular weight excluding hydrogens is 208 g/mol. The molecule has 1 N–H and O–H groups in total. The molecule has 1 rings (SSSR count). The summed E-state index contributed by atoms with van der Waals surface area (Å²) in [6.45, 7) is 3.15. The van der Waals surface area contributed by atoms with Gasteiger partial charge in [-0.1, -0.05) is 0 Å². The van der Waals surface area contributed by atoms with Crippen LogP contribution in [-0.2, 0) is 9.53 Å². The summed E-state index contributed by atoms with van der Waals surface area (Å²) in [5.41, 5.74) is -0.652. The molecule has 0 fully saturated rings. The van der Waals surface area contributed by atoms with Gasteiger partial charge in [0.15, 0.2) is 0 Å². The number of carbonyl (C=O) groups is 2. The number of nitrogens with one attached hydrogen (secondary N) is 1. The van der Waals surface area contributed by atoms with E-state index in [0.717, 1.165) is 0 Å². The number of ether oxygens (including phenoxy) is 1. The Morgan fingerprint density at radius 2 is 2.12 bits per heavy atom. The van der Waals surface area contributed by atoms with Crippen LogP contribution in [0.25, 0.3) is 0 Å². The first-order valence-corrected chi connectivity index (χ1v) is 4.78. The maximum Gasteiger partial charge on any atom is 0.330 e. The van der Waals surface area contributed by atoms with Gasteiger partial charge >= 0.3 is 5.97 Å². The Hall–Kier alpha value is -1.91. The number of amides is 1. The minimum Gasteiger partial charge on any atom is -0.467 e. The zero-order valence-electron chi connectivity index (χ0n) is 9.48. The van der Waals surface area contributed by atoms with Crippen LogP contribution in [0.5, 0.6) is 0 Å². The van der Waals surface area contributed by atoms with Gasteiger partial charge < -0.3 is 10.1 Å². The smallest absolute Gasteiger partial charge is 0.330 e. The van der Waals surface area contributed by atoms with Gasteiger partial charge in [0.05, 0.1) is 12.7 Å². The average molecular weight is 222 g/mol. The van der Waals surface area contributed by atoms with Crippen LogP contribution in [0.2, 0.25) is 0 Å². The third-order valence-corrected chi connectivity index (χ3v) is 2.05. The SMILES string of the molecule is COC(=O)C(C)(C)NC(=O)c1cccnc1. The summed E-state index contributed by atoms with van der Waals surface area (Å²) < 4.78 is 4.58. The van der Waals surface area contributed by atoms with Crippen molar-refractivity contribution in [2.45, 2.75) is 19.4 Å². The minimum atomic E-state index is -1.05. The molecule has 1 aromatic rings. The van der Waals surface area contributed by atoms with Crippen molar-refractivity contribution in [3.8, 4) is 0 Å². The second-order valence-corrected chi connectivity index (χ2v) is 3.81. The van der Waals surface area contributed by atoms with Crippen LogP contribution >= 0.6 is 0 Å². The number of methoxy groups -OCH3 is 1. The highest BCUT2D eigenvalue weighted by Gasteiger charge is 2.30. The number of pyridine rings is 1. The standard InChI is InChI=1S/C11H14N2O3/c1-11(2,10(15)16-3)13-9(14)8-5-4-6-12-7-8/h4-7H,1-3H3,(H,13,14). The van der Waals surface area contributed by atoms with E-state index in [1.165, 1.54) is 13.3 Å². The van der Waals surface area contributed by atoms with Gasteiger partial charge in [0, 0.05) is 12.4 Å². The molecule has 0 atom stereocenters. The molecule has 0 spiro atoms. The third kappa shape index (κ3) is 2.79. The number of rotatable bonds is 3. The Bertz CT molecular complexity index is 387. The predicted molar refractivity (Wildman–Crippen MR) is 57.8 cm³/mol. The van der Waals surface area contributed by atoms with E-state index in [0.29, 0.717) is 5.56 Å². The molecule has 0 aliphatic heterocycles. The van der Waals surface area contributed by atoms with Gasteiger partial charge in [-0.3, -0.25) is 9.78 Å². The van der Waals surface area contributed by atoms with E-state index in [9.17, 15) is 9.59 Å². The van der Waals surface area contributed by atoms with Crippen LogP contribution < -0.4 is 5.32 Å². The highest BCUT2D eigenvalue weighted by Crippen LogP contribution is 2.06. The predicted octanol–water partition coefficient (Wildman–Crippen LogP) is 0.763. The van der Waals surface area contributed by atoms with E-state index in [1.54, 1.807) is 32.2 Å². The first kappa shape index (κ1) is 12.2. The van der Waals surface area contributed by atoms with Crippen molar-refractivity contribution in [1.82, 2.24) is 10.3 Å². The summed E-state index contributed by atoms with van der Waals surface area (Å²) in [5, 5.41) is 2.57. The van der Waals surface area contributed by atoms with Gasteiger partial charge in [0.1, 0.15) is 5.54 Å². The molecule has 16 heavy (non-hydrogen) atoms. The maximum atomic E-state index is 11.7. The van der Waals surface area contributed by atoms with Gasteiger partial charge in [-0.05, 0) is 26.0 Å². The van der Waals surface area contributed by atoms with E-state index in [2.05, 4.69) is 15.0 Å². The van der Waals surface area contributed by atoms with Crippen molar-refractivity contribution >= 4 is 11.9 Å². The van der Waals surface area contributed by atoms with Gasteiger partial charge in [-0.2, -0.15) is 0 Å². The van der Waals surface area contributed by atoms with Crippen molar-refractivity contribution < 1.29 is 14.3 Å². The number of nitrogens with zero attached hydrogens (tertiary/aromatic N) is 1. The van der Waals surface area contributed by atoms with E-state index in [1.807, 2.05) is 0 Å². The zero-order valence-corrected chi connectivity index (χ0v) is 9.48. The van der Waals surface area contributed by atoms with Crippen LogP contribution in [0.3, 0.4) is 0 Å². The molecule has 0 radical (unpaired) electrons. The lowest BCUT2D eigenvalue weighted by atomic mass is 10.1. The van der Waals surface area contributed by atoms with Crippen molar-refractivity contribution in [2.75, 3.05) is 7.11 Å². The molecule has 0 aliphatic rings. The van der Waals surface area contributed by atoms with E-state index >= 15 is 0 Å². The Morgan fingerprint density at radius 3 is 2.62 bits per heavy atom. The number of carbonyl (C=O) groups excluding carboxylic acids is 2. The third-order valence-electron chi connectivity index (χ3n) is 2.05. The highest BCUT2D eigenvalue weighted by atomic mass is 16.5. The lowest BCUT2D eigenvalue weighted by Gasteiger charge is -2.22.